The largest absolute Gasteiger partial charge is 0.496 e. The van der Waals surface area contributed by atoms with Crippen LogP contribution >= 0.6 is 22.9 Å². The van der Waals surface area contributed by atoms with Crippen molar-refractivity contribution >= 4 is 39.9 Å². The molecule has 0 bridgehead atoms. The van der Waals surface area contributed by atoms with Crippen LogP contribution in [0.3, 0.4) is 0 Å². The predicted octanol–water partition coefficient (Wildman–Crippen LogP) is 3.73. The minimum absolute atomic E-state index is 0.139. The average molecular weight is 395 g/mol. The Morgan fingerprint density at radius 3 is 2.96 bits per heavy atom. The topological polar surface area (TPSA) is 77.5 Å². The number of hydrogen-bond donors (Lipinski definition) is 1. The van der Waals surface area contributed by atoms with Crippen molar-refractivity contribution in [3.05, 3.63) is 39.4 Å². The van der Waals surface area contributed by atoms with Crippen molar-refractivity contribution in [2.45, 2.75) is 26.2 Å². The highest BCUT2D eigenvalue weighted by molar-refractivity contribution is 7.15. The Morgan fingerprint density at radius 2 is 2.23 bits per heavy atom. The number of ether oxygens (including phenoxy) is 2. The van der Waals surface area contributed by atoms with Gasteiger partial charge >= 0.3 is 5.97 Å². The van der Waals surface area contributed by atoms with Gasteiger partial charge in [0.1, 0.15) is 5.75 Å². The summed E-state index contributed by atoms with van der Waals surface area (Å²) in [6, 6.07) is 4.86. The van der Waals surface area contributed by atoms with E-state index in [-0.39, 0.29) is 17.8 Å². The van der Waals surface area contributed by atoms with Crippen LogP contribution in [0.1, 0.15) is 34.3 Å². The molecule has 1 aliphatic rings. The fourth-order valence-corrected chi connectivity index (χ4v) is 4.17. The van der Waals surface area contributed by atoms with Gasteiger partial charge in [0.25, 0.3) is 5.91 Å². The SMILES string of the molecule is CCOC(=O)C1CCc2nc(NC(=O)c3cc(Cl)ccc3OC)sc2C1. The number of benzene rings is 1. The van der Waals surface area contributed by atoms with Crippen LogP contribution in [-0.2, 0) is 22.4 Å². The van der Waals surface area contributed by atoms with Gasteiger partial charge in [-0.25, -0.2) is 4.98 Å². The molecule has 8 heteroatoms. The zero-order valence-corrected chi connectivity index (χ0v) is 16.1. The fraction of sp³-hybridized carbons (Fsp3) is 0.389. The van der Waals surface area contributed by atoms with Crippen molar-refractivity contribution in [2.24, 2.45) is 5.92 Å². The molecule has 26 heavy (non-hydrogen) atoms. The summed E-state index contributed by atoms with van der Waals surface area (Å²) in [5, 5.41) is 3.76. The van der Waals surface area contributed by atoms with E-state index in [1.165, 1.54) is 18.4 Å². The van der Waals surface area contributed by atoms with Gasteiger partial charge in [0, 0.05) is 9.90 Å². The van der Waals surface area contributed by atoms with Gasteiger partial charge < -0.3 is 9.47 Å². The molecule has 1 amide bonds. The van der Waals surface area contributed by atoms with Crippen molar-refractivity contribution in [1.29, 1.82) is 0 Å². The Morgan fingerprint density at radius 1 is 1.42 bits per heavy atom. The van der Waals surface area contributed by atoms with Crippen molar-refractivity contribution in [3.8, 4) is 5.75 Å². The van der Waals surface area contributed by atoms with E-state index in [1.807, 2.05) is 0 Å². The van der Waals surface area contributed by atoms with Gasteiger partial charge in [-0.2, -0.15) is 0 Å². The standard InChI is InChI=1S/C18H19ClN2O4S/c1-3-25-17(23)10-4-6-13-15(8-10)26-18(20-13)21-16(22)12-9-11(19)5-7-14(12)24-2/h5,7,9-10H,3-4,6,8H2,1-2H3,(H,20,21,22). The van der Waals surface area contributed by atoms with E-state index >= 15 is 0 Å². The number of halogens is 1. The Kier molecular flexibility index (Phi) is 5.78. The lowest BCUT2D eigenvalue weighted by atomic mass is 9.91. The molecule has 6 nitrogen and oxygen atoms in total. The predicted molar refractivity (Wildman–Crippen MR) is 100 cm³/mol. The molecule has 0 spiro atoms. The third-order valence-electron chi connectivity index (χ3n) is 4.19. The van der Waals surface area contributed by atoms with Crippen LogP contribution in [-0.4, -0.2) is 30.6 Å². The fourth-order valence-electron chi connectivity index (χ4n) is 2.91. The van der Waals surface area contributed by atoms with Gasteiger partial charge in [-0.15, -0.1) is 11.3 Å². The zero-order valence-electron chi connectivity index (χ0n) is 14.5. The molecular formula is C18H19ClN2O4S. The van der Waals surface area contributed by atoms with Crippen molar-refractivity contribution < 1.29 is 19.1 Å². The number of carbonyl (C=O) groups is 2. The van der Waals surface area contributed by atoms with Crippen LogP contribution in [0.25, 0.3) is 0 Å². The molecule has 1 unspecified atom stereocenters. The number of nitrogens with zero attached hydrogens (tertiary/aromatic N) is 1. The molecule has 1 aliphatic carbocycles. The van der Waals surface area contributed by atoms with Gasteiger partial charge in [-0.3, -0.25) is 14.9 Å². The van der Waals surface area contributed by atoms with E-state index in [1.54, 1.807) is 25.1 Å². The first-order valence-corrected chi connectivity index (χ1v) is 9.51. The number of fused-ring (bicyclic) bond motifs is 1. The second kappa shape index (κ2) is 8.05. The lowest BCUT2D eigenvalue weighted by Crippen LogP contribution is -2.24. The summed E-state index contributed by atoms with van der Waals surface area (Å²) in [6.45, 7) is 2.18. The van der Waals surface area contributed by atoms with Crippen molar-refractivity contribution in [3.63, 3.8) is 0 Å². The molecule has 1 heterocycles. The molecule has 0 saturated carbocycles. The highest BCUT2D eigenvalue weighted by atomic mass is 35.5. The summed E-state index contributed by atoms with van der Waals surface area (Å²) in [5.41, 5.74) is 1.28. The highest BCUT2D eigenvalue weighted by Crippen LogP contribution is 2.33. The van der Waals surface area contributed by atoms with Gasteiger partial charge in [-0.05, 0) is 44.4 Å². The number of methoxy groups -OCH3 is 1. The van der Waals surface area contributed by atoms with Crippen LogP contribution in [0.2, 0.25) is 5.02 Å². The molecule has 1 aromatic heterocycles. The molecule has 0 radical (unpaired) electrons. The molecule has 1 aromatic carbocycles. The maximum absolute atomic E-state index is 12.6. The maximum atomic E-state index is 12.6. The summed E-state index contributed by atoms with van der Waals surface area (Å²) in [7, 11) is 1.50. The number of nitrogens with one attached hydrogen (secondary N) is 1. The molecule has 3 rings (SSSR count). The van der Waals surface area contributed by atoms with Gasteiger partial charge in [0.05, 0.1) is 30.9 Å². The number of aromatic nitrogens is 1. The molecule has 1 atom stereocenters. The highest BCUT2D eigenvalue weighted by Gasteiger charge is 2.29. The first-order valence-electron chi connectivity index (χ1n) is 8.32. The molecule has 138 valence electrons. The first kappa shape index (κ1) is 18.7. The smallest absolute Gasteiger partial charge is 0.309 e. The van der Waals surface area contributed by atoms with Gasteiger partial charge in [-0.1, -0.05) is 11.6 Å². The third kappa shape index (κ3) is 3.99. The lowest BCUT2D eigenvalue weighted by molar-refractivity contribution is -0.148. The Bertz CT molecular complexity index is 837. The van der Waals surface area contributed by atoms with Crippen LogP contribution < -0.4 is 10.1 Å². The van der Waals surface area contributed by atoms with E-state index in [0.717, 1.165) is 10.6 Å². The average Bonchev–Trinajstić information content (AvgIpc) is 3.03. The number of hydrogen-bond acceptors (Lipinski definition) is 6. The minimum Gasteiger partial charge on any atom is -0.496 e. The summed E-state index contributed by atoms with van der Waals surface area (Å²) in [6.07, 6.45) is 2.01. The number of thiazole rings is 1. The molecule has 2 aromatic rings. The quantitative estimate of drug-likeness (QED) is 0.782. The molecular weight excluding hydrogens is 376 g/mol. The van der Waals surface area contributed by atoms with Gasteiger partial charge in [0.15, 0.2) is 5.13 Å². The second-order valence-electron chi connectivity index (χ2n) is 5.88. The molecule has 1 N–H and O–H groups in total. The molecule has 0 saturated heterocycles. The van der Waals surface area contributed by atoms with Crippen molar-refractivity contribution in [2.75, 3.05) is 19.0 Å². The van der Waals surface area contributed by atoms with Crippen LogP contribution in [0.5, 0.6) is 5.75 Å². The number of aryl methyl sites for hydroxylation is 1. The summed E-state index contributed by atoms with van der Waals surface area (Å²) in [5.74, 6) is -0.201. The molecule has 0 fully saturated rings. The lowest BCUT2D eigenvalue weighted by Gasteiger charge is -2.18. The Labute approximate surface area is 160 Å². The summed E-state index contributed by atoms with van der Waals surface area (Å²) in [4.78, 5) is 30.0. The summed E-state index contributed by atoms with van der Waals surface area (Å²) >= 11 is 7.37. The number of amides is 1. The normalized spacial score (nSPS) is 15.9. The zero-order chi connectivity index (χ0) is 18.7. The minimum atomic E-state index is -0.336. The molecule has 0 aliphatic heterocycles. The third-order valence-corrected chi connectivity index (χ3v) is 5.46. The van der Waals surface area contributed by atoms with E-state index in [0.29, 0.717) is 47.3 Å². The monoisotopic (exact) mass is 394 g/mol. The van der Waals surface area contributed by atoms with Crippen LogP contribution in [0.4, 0.5) is 5.13 Å². The number of esters is 1. The number of rotatable bonds is 5. The van der Waals surface area contributed by atoms with Gasteiger partial charge in [0.2, 0.25) is 0 Å². The number of carbonyl (C=O) groups excluding carboxylic acids is 2. The Hall–Kier alpha value is -2.12. The number of anilines is 1. The van der Waals surface area contributed by atoms with E-state index < -0.39 is 0 Å². The van der Waals surface area contributed by atoms with Crippen molar-refractivity contribution in [1.82, 2.24) is 4.98 Å². The van der Waals surface area contributed by atoms with E-state index in [9.17, 15) is 9.59 Å². The van der Waals surface area contributed by atoms with Crippen LogP contribution in [0.15, 0.2) is 18.2 Å². The Balaban J connectivity index is 1.74. The van der Waals surface area contributed by atoms with E-state index in [4.69, 9.17) is 21.1 Å². The van der Waals surface area contributed by atoms with Crippen LogP contribution in [0, 0.1) is 5.92 Å². The maximum Gasteiger partial charge on any atom is 0.309 e. The van der Waals surface area contributed by atoms with E-state index in [2.05, 4.69) is 10.3 Å². The second-order valence-corrected chi connectivity index (χ2v) is 7.40. The summed E-state index contributed by atoms with van der Waals surface area (Å²) < 4.78 is 10.3. The first-order chi connectivity index (χ1) is 12.5.